The molecule has 0 bridgehead atoms. The van der Waals surface area contributed by atoms with Gasteiger partial charge < -0.3 is 9.80 Å². The molecule has 0 saturated carbocycles. The molecule has 1 aliphatic carbocycles. The highest BCUT2D eigenvalue weighted by atomic mass is 15.2. The van der Waals surface area contributed by atoms with E-state index in [0.29, 0.717) is 0 Å². The highest BCUT2D eigenvalue weighted by Gasteiger charge is 2.40. The molecule has 0 amide bonds. The van der Waals surface area contributed by atoms with Crippen molar-refractivity contribution >= 4 is 66.4 Å². The molecule has 0 unspecified atom stereocenters. The first kappa shape index (κ1) is 41.7. The van der Waals surface area contributed by atoms with Crippen molar-refractivity contribution in [2.24, 2.45) is 0 Å². The fourth-order valence-electron chi connectivity index (χ4n) is 13.4. The molecule has 0 aromatic heterocycles. The molecule has 340 valence electrons. The lowest BCUT2D eigenvalue weighted by Crippen LogP contribution is -2.30. The molecule has 2 nitrogen and oxygen atoms in total. The van der Waals surface area contributed by atoms with Gasteiger partial charge in [0.05, 0.1) is 22.7 Å². The summed E-state index contributed by atoms with van der Waals surface area (Å²) < 4.78 is 0. The summed E-state index contributed by atoms with van der Waals surface area (Å²) in [4.78, 5) is 5.03. The first-order valence-electron chi connectivity index (χ1n) is 25.3. The Morgan fingerprint density at radius 2 is 0.620 bits per heavy atom. The number of fused-ring (bicyclic) bond motifs is 10. The Bertz CT molecular complexity index is 3950. The second-order valence-electron chi connectivity index (χ2n) is 21.6. The molecule has 2 heteroatoms. The van der Waals surface area contributed by atoms with Crippen LogP contribution in [0.2, 0.25) is 0 Å². The van der Waals surface area contributed by atoms with Crippen molar-refractivity contribution in [2.75, 3.05) is 9.80 Å². The molecule has 0 atom stereocenters. The van der Waals surface area contributed by atoms with Crippen LogP contribution in [0.15, 0.2) is 218 Å². The molecule has 14 rings (SSSR count). The van der Waals surface area contributed by atoms with E-state index >= 15 is 0 Å². The first-order valence-corrected chi connectivity index (χ1v) is 25.3. The molecule has 0 fully saturated rings. The van der Waals surface area contributed by atoms with Crippen molar-refractivity contribution in [3.8, 4) is 33.4 Å². The van der Waals surface area contributed by atoms with Crippen LogP contribution in [0, 0.1) is 0 Å². The highest BCUT2D eigenvalue weighted by Crippen LogP contribution is 2.58. The Hall–Kier alpha value is -8.20. The molecule has 0 radical (unpaired) electrons. The summed E-state index contributed by atoms with van der Waals surface area (Å²) in [7, 11) is 0. The van der Waals surface area contributed by atoms with Crippen molar-refractivity contribution in [3.05, 3.63) is 252 Å². The van der Waals surface area contributed by atoms with E-state index < -0.39 is 0 Å². The van der Waals surface area contributed by atoms with Crippen molar-refractivity contribution in [1.82, 2.24) is 0 Å². The van der Waals surface area contributed by atoms with Gasteiger partial charge in [0.1, 0.15) is 0 Å². The normalized spacial score (nSPS) is 15.5. The standard InChI is InChI=1S/C69H54N2/c1-67(2)54-27-10-9-24-50(54)66-51(26-20-32-59(66)67)65-49-40-38-44(70-60-33-15-11-28-55(60)68(3,4)56-29-12-16-34-61(56)70)41-52(49)64(47-25-19-22-43-21-7-8-23-46(43)47)48-39-37-45(42-53(48)65)71-62-35-17-13-30-57(62)69(5,6)58-31-14-18-36-63(58)71/h7-42H,1-6H3. The van der Waals surface area contributed by atoms with Gasteiger partial charge >= 0.3 is 0 Å². The zero-order valence-corrected chi connectivity index (χ0v) is 41.2. The summed E-state index contributed by atoms with van der Waals surface area (Å²) in [6.45, 7) is 14.3. The molecule has 0 spiro atoms. The van der Waals surface area contributed by atoms with Gasteiger partial charge in [-0.25, -0.2) is 0 Å². The molecule has 0 N–H and O–H groups in total. The second kappa shape index (κ2) is 14.9. The van der Waals surface area contributed by atoms with Crippen molar-refractivity contribution in [2.45, 2.75) is 57.8 Å². The number of anilines is 6. The Morgan fingerprint density at radius 3 is 1.15 bits per heavy atom. The van der Waals surface area contributed by atoms with E-state index in [4.69, 9.17) is 0 Å². The number of hydrogen-bond acceptors (Lipinski definition) is 2. The number of para-hydroxylation sites is 4. The van der Waals surface area contributed by atoms with Crippen molar-refractivity contribution < 1.29 is 0 Å². The van der Waals surface area contributed by atoms with Gasteiger partial charge in [-0.2, -0.15) is 0 Å². The molecule has 2 aliphatic heterocycles. The molecule has 2 heterocycles. The third kappa shape index (κ3) is 5.76. The van der Waals surface area contributed by atoms with Gasteiger partial charge in [0.15, 0.2) is 0 Å². The van der Waals surface area contributed by atoms with Gasteiger partial charge in [0.2, 0.25) is 0 Å². The summed E-state index contributed by atoms with van der Waals surface area (Å²) in [5.74, 6) is 0. The third-order valence-electron chi connectivity index (χ3n) is 16.8. The summed E-state index contributed by atoms with van der Waals surface area (Å²) >= 11 is 0. The maximum atomic E-state index is 2.52. The minimum absolute atomic E-state index is 0.161. The van der Waals surface area contributed by atoms with E-state index in [0.717, 1.165) is 11.4 Å². The van der Waals surface area contributed by atoms with Gasteiger partial charge in [0.25, 0.3) is 0 Å². The fourth-order valence-corrected chi connectivity index (χ4v) is 13.4. The smallest absolute Gasteiger partial charge is 0.0502 e. The predicted octanol–water partition coefficient (Wildman–Crippen LogP) is 19.0. The molecule has 71 heavy (non-hydrogen) atoms. The van der Waals surface area contributed by atoms with Gasteiger partial charge in [-0.15, -0.1) is 0 Å². The van der Waals surface area contributed by atoms with Crippen LogP contribution >= 0.6 is 0 Å². The summed E-state index contributed by atoms with van der Waals surface area (Å²) in [5, 5.41) is 7.40. The molecule has 3 aliphatic rings. The van der Waals surface area contributed by atoms with Crippen LogP contribution in [0.4, 0.5) is 34.1 Å². The van der Waals surface area contributed by atoms with Crippen molar-refractivity contribution in [1.29, 1.82) is 0 Å². The van der Waals surface area contributed by atoms with E-state index in [2.05, 4.69) is 270 Å². The van der Waals surface area contributed by atoms with E-state index in [1.54, 1.807) is 0 Å². The lowest BCUT2D eigenvalue weighted by Gasteiger charge is -2.42. The van der Waals surface area contributed by atoms with E-state index in [1.807, 2.05) is 0 Å². The third-order valence-corrected chi connectivity index (χ3v) is 16.8. The molecule has 11 aromatic rings. The lowest BCUT2D eigenvalue weighted by atomic mass is 9.73. The Morgan fingerprint density at radius 1 is 0.254 bits per heavy atom. The maximum Gasteiger partial charge on any atom is 0.0502 e. The first-order chi connectivity index (χ1) is 34.5. The van der Waals surface area contributed by atoms with Crippen LogP contribution in [0.25, 0.3) is 65.7 Å². The highest BCUT2D eigenvalue weighted by molar-refractivity contribution is 6.26. The average Bonchev–Trinajstić information content (AvgIpc) is 3.64. The quantitative estimate of drug-likeness (QED) is 0.162. The lowest BCUT2D eigenvalue weighted by molar-refractivity contribution is 0.632. The number of hydrogen-bond donors (Lipinski definition) is 0. The van der Waals surface area contributed by atoms with E-state index in [9.17, 15) is 0 Å². The Labute approximate surface area is 417 Å². The largest absolute Gasteiger partial charge is 0.310 e. The van der Waals surface area contributed by atoms with Gasteiger partial charge in [-0.3, -0.25) is 0 Å². The summed E-state index contributed by atoms with van der Waals surface area (Å²) in [6, 6.07) is 82.7. The summed E-state index contributed by atoms with van der Waals surface area (Å²) in [5.41, 5.74) is 22.4. The predicted molar refractivity (Wildman–Crippen MR) is 301 cm³/mol. The van der Waals surface area contributed by atoms with Gasteiger partial charge in [-0.05, 0) is 148 Å². The van der Waals surface area contributed by atoms with Crippen LogP contribution in [-0.2, 0) is 16.2 Å². The molecule has 0 saturated heterocycles. The van der Waals surface area contributed by atoms with E-state index in [-0.39, 0.29) is 16.2 Å². The zero-order chi connectivity index (χ0) is 48.0. The number of rotatable bonds is 4. The minimum Gasteiger partial charge on any atom is -0.310 e. The van der Waals surface area contributed by atoms with Crippen LogP contribution in [-0.4, -0.2) is 0 Å². The van der Waals surface area contributed by atoms with Crippen LogP contribution < -0.4 is 9.80 Å². The monoisotopic (exact) mass is 910 g/mol. The van der Waals surface area contributed by atoms with Crippen LogP contribution in [0.5, 0.6) is 0 Å². The topological polar surface area (TPSA) is 6.48 Å². The Kier molecular flexibility index (Phi) is 8.76. The molecular formula is C69H54N2. The fraction of sp³-hybridized carbons (Fsp3) is 0.130. The molecule has 11 aromatic carbocycles. The van der Waals surface area contributed by atoms with Crippen LogP contribution in [0.1, 0.15) is 74.9 Å². The second-order valence-corrected chi connectivity index (χ2v) is 21.6. The van der Waals surface area contributed by atoms with Gasteiger partial charge in [0, 0.05) is 27.6 Å². The molecular weight excluding hydrogens is 857 g/mol. The zero-order valence-electron chi connectivity index (χ0n) is 41.2. The maximum absolute atomic E-state index is 2.52. The average molecular weight is 911 g/mol. The van der Waals surface area contributed by atoms with E-state index in [1.165, 1.54) is 122 Å². The van der Waals surface area contributed by atoms with Gasteiger partial charge in [-0.1, -0.05) is 211 Å². The number of nitrogens with zero attached hydrogens (tertiary/aromatic N) is 2. The van der Waals surface area contributed by atoms with Crippen LogP contribution in [0.3, 0.4) is 0 Å². The minimum atomic E-state index is -0.170. The van der Waals surface area contributed by atoms with Crippen molar-refractivity contribution in [3.63, 3.8) is 0 Å². The number of benzene rings is 11. The summed E-state index contributed by atoms with van der Waals surface area (Å²) in [6.07, 6.45) is 0. The SMILES string of the molecule is CC1(C)c2ccccc2N(c2ccc3c(-c4cccc5ccccc45)c4cc(N5c6ccccc6C(C)(C)c6ccccc65)ccc4c(-c4cccc5c4-c4ccccc4C5(C)C)c3c2)c2ccccc21. The Balaban J connectivity index is 1.14.